The predicted octanol–water partition coefficient (Wildman–Crippen LogP) is 1.10. The maximum absolute atomic E-state index is 13.9. The number of aliphatic imine (C=N–C) groups is 1. The van der Waals surface area contributed by atoms with Gasteiger partial charge in [-0.05, 0) is 67.0 Å². The van der Waals surface area contributed by atoms with Crippen LogP contribution in [-0.4, -0.2) is 143 Å². The third-order valence-corrected chi connectivity index (χ3v) is 9.06. The molecule has 18 heteroatoms. The lowest BCUT2D eigenvalue weighted by Crippen LogP contribution is -2.49. The number of aliphatic hydroxyl groups excluding tert-OH is 5. The number of benzene rings is 1. The highest BCUT2D eigenvalue weighted by Gasteiger charge is 2.30. The van der Waals surface area contributed by atoms with Gasteiger partial charge in [0.2, 0.25) is 5.91 Å². The normalized spacial score (nSPS) is 16.0. The van der Waals surface area contributed by atoms with Gasteiger partial charge in [-0.15, -0.1) is 0 Å². The molecule has 5 atom stereocenters. The van der Waals surface area contributed by atoms with Crippen molar-refractivity contribution in [2.45, 2.75) is 62.6 Å². The van der Waals surface area contributed by atoms with E-state index in [-0.39, 0.29) is 44.2 Å². The van der Waals surface area contributed by atoms with Crippen LogP contribution in [0.25, 0.3) is 17.5 Å². The summed E-state index contributed by atoms with van der Waals surface area (Å²) in [6, 6.07) is 13.9. The van der Waals surface area contributed by atoms with Gasteiger partial charge in [0.15, 0.2) is 6.61 Å². The average molecular weight is 799 g/mol. The molecular weight excluding hydrogens is 745 g/mol. The Morgan fingerprint density at radius 1 is 0.912 bits per heavy atom. The second-order valence-corrected chi connectivity index (χ2v) is 13.4. The summed E-state index contributed by atoms with van der Waals surface area (Å²) in [4.78, 5) is 31.9. The first kappa shape index (κ1) is 45.0. The summed E-state index contributed by atoms with van der Waals surface area (Å²) in [7, 11) is -2.67. The third kappa shape index (κ3) is 15.3. The van der Waals surface area contributed by atoms with Crippen LogP contribution < -0.4 is 20.7 Å². The Bertz CT molecular complexity index is 1740. The molecular formula is C39H53BF2N6O9. The molecule has 9 N–H and O–H groups in total. The summed E-state index contributed by atoms with van der Waals surface area (Å²) in [5.41, 5.74) is 3.20. The molecule has 0 fully saturated rings. The van der Waals surface area contributed by atoms with Crippen LogP contribution in [0.15, 0.2) is 77.9 Å². The van der Waals surface area contributed by atoms with Crippen molar-refractivity contribution in [2.24, 2.45) is 4.99 Å². The topological polar surface area (TPSA) is 223 Å². The minimum atomic E-state index is -2.67. The fourth-order valence-electron chi connectivity index (χ4n) is 5.91. The largest absolute Gasteiger partial charge is 0.677 e. The van der Waals surface area contributed by atoms with Gasteiger partial charge in [0.05, 0.1) is 49.1 Å². The number of unbranched alkanes of at least 4 members (excludes halogenated alkanes) is 2. The zero-order valence-electron chi connectivity index (χ0n) is 31.7. The number of carbonyl (C=O) groups excluding carboxylic acids is 2. The van der Waals surface area contributed by atoms with Crippen LogP contribution >= 0.6 is 0 Å². The van der Waals surface area contributed by atoms with Gasteiger partial charge in [0, 0.05) is 50.9 Å². The molecule has 2 aromatic heterocycles. The number of aromatic amines is 1. The number of aliphatic hydroxyl groups is 5. The molecule has 3 heterocycles. The van der Waals surface area contributed by atoms with Crippen LogP contribution in [-0.2, 0) is 20.7 Å². The molecule has 1 aromatic carbocycles. The molecule has 0 saturated carbocycles. The minimum Gasteiger partial charge on any atom is -0.484 e. The smallest absolute Gasteiger partial charge is 0.484 e. The summed E-state index contributed by atoms with van der Waals surface area (Å²) in [6.45, 7) is 0.761. The van der Waals surface area contributed by atoms with Crippen LogP contribution in [0, 0.1) is 0 Å². The Kier molecular flexibility index (Phi) is 19.1. The van der Waals surface area contributed by atoms with Crippen molar-refractivity contribution in [3.05, 3.63) is 84.2 Å². The fraction of sp³-hybridized carbons (Fsp3) is 0.462. The maximum Gasteiger partial charge on any atom is 0.677 e. The molecule has 0 spiro atoms. The van der Waals surface area contributed by atoms with Gasteiger partial charge in [-0.3, -0.25) is 23.2 Å². The van der Waals surface area contributed by atoms with Crippen LogP contribution in [0.2, 0.25) is 0 Å². The SMILES string of the molecule is O=C(CCCCCNC(=O)COc1ccc(/C=C/C2=NC(Cc3ccc(-c4ccc[nH]4)n3B(F)F)C=C2)cc1)NCCOCCNC[C@H](O)[C@@H](O)[C@@H](O)[C@@H](O)CO. The van der Waals surface area contributed by atoms with Crippen LogP contribution in [0.3, 0.4) is 0 Å². The summed E-state index contributed by atoms with van der Waals surface area (Å²) < 4.78 is 39.9. The van der Waals surface area contributed by atoms with E-state index in [1.807, 2.05) is 36.4 Å². The lowest BCUT2D eigenvalue weighted by molar-refractivity contribution is -0.123. The number of nitrogens with zero attached hydrogens (tertiary/aromatic N) is 2. The van der Waals surface area contributed by atoms with E-state index in [4.69, 9.17) is 14.6 Å². The summed E-state index contributed by atoms with van der Waals surface area (Å²) >= 11 is 0. The van der Waals surface area contributed by atoms with Gasteiger partial charge in [-0.1, -0.05) is 30.7 Å². The van der Waals surface area contributed by atoms with Gasteiger partial charge >= 0.3 is 7.40 Å². The predicted molar refractivity (Wildman–Crippen MR) is 212 cm³/mol. The first-order valence-corrected chi connectivity index (χ1v) is 19.0. The molecule has 1 aliphatic heterocycles. The summed E-state index contributed by atoms with van der Waals surface area (Å²) in [6.07, 6.45) is 5.85. The lowest BCUT2D eigenvalue weighted by Gasteiger charge is -2.25. The van der Waals surface area contributed by atoms with Gasteiger partial charge in [-0.2, -0.15) is 0 Å². The molecule has 4 rings (SSSR count). The van der Waals surface area contributed by atoms with E-state index in [0.717, 1.165) is 22.2 Å². The number of ether oxygens (including phenoxy) is 2. The Balaban J connectivity index is 1.00. The number of allylic oxidation sites excluding steroid dienone is 2. The maximum atomic E-state index is 13.9. The van der Waals surface area contributed by atoms with Gasteiger partial charge in [0.1, 0.15) is 24.1 Å². The second-order valence-electron chi connectivity index (χ2n) is 13.4. The molecule has 0 radical (unpaired) electrons. The fourth-order valence-corrected chi connectivity index (χ4v) is 5.91. The van der Waals surface area contributed by atoms with Crippen molar-refractivity contribution >= 4 is 31.0 Å². The van der Waals surface area contributed by atoms with Crippen LogP contribution in [0.4, 0.5) is 8.63 Å². The van der Waals surface area contributed by atoms with Gasteiger partial charge in [0.25, 0.3) is 5.91 Å². The summed E-state index contributed by atoms with van der Waals surface area (Å²) in [5.74, 6) is 0.187. The molecule has 0 saturated heterocycles. The molecule has 15 nitrogen and oxygen atoms in total. The van der Waals surface area contributed by atoms with Crippen LogP contribution in [0.1, 0.15) is 36.9 Å². The van der Waals surface area contributed by atoms with Crippen molar-refractivity contribution in [3.63, 3.8) is 0 Å². The molecule has 1 unspecified atom stereocenters. The van der Waals surface area contributed by atoms with Crippen molar-refractivity contribution in [3.8, 4) is 17.1 Å². The number of hydrogen-bond donors (Lipinski definition) is 9. The monoisotopic (exact) mass is 798 g/mol. The standard InChI is InChI=1S/C39H53BF2N6O9/c41-40(42)48-30(13-16-33(48)32-5-4-18-44-32)23-29-12-11-28(47-29)10-7-27-8-14-31(15-9-27)57-26-37(53)45-17-3-1-2-6-36(52)46-20-22-56-21-19-43-24-34(50)38(54)39(55)35(51)25-49/h4-5,7-16,18,29,34-35,38-39,43-44,49-51,54-55H,1-3,6,17,19-26H2,(H,45,53)(H,46,52)/b10-7+/t29?,34-,35-,38+,39-/m0/s1. The number of amides is 2. The quantitative estimate of drug-likeness (QED) is 0.0395. The molecule has 57 heavy (non-hydrogen) atoms. The lowest BCUT2D eigenvalue weighted by atomic mass is 10.0. The van der Waals surface area contributed by atoms with Crippen molar-refractivity contribution in [1.82, 2.24) is 25.4 Å². The number of hydrogen-bond acceptors (Lipinski definition) is 11. The summed E-state index contributed by atoms with van der Waals surface area (Å²) in [5, 5.41) is 55.8. The molecule has 1 aliphatic rings. The van der Waals surface area contributed by atoms with E-state index < -0.39 is 38.4 Å². The number of carbonyl (C=O) groups is 2. The molecule has 0 bridgehead atoms. The van der Waals surface area contributed by atoms with E-state index in [1.54, 1.807) is 42.6 Å². The second kappa shape index (κ2) is 24.2. The van der Waals surface area contributed by atoms with E-state index in [1.165, 1.54) is 0 Å². The first-order valence-electron chi connectivity index (χ1n) is 19.0. The molecule has 2 amide bonds. The van der Waals surface area contributed by atoms with Crippen LogP contribution in [0.5, 0.6) is 5.75 Å². The number of aromatic nitrogens is 2. The van der Waals surface area contributed by atoms with E-state index >= 15 is 0 Å². The molecule has 0 aliphatic carbocycles. The Morgan fingerprint density at radius 3 is 2.40 bits per heavy atom. The number of halogens is 2. The zero-order valence-corrected chi connectivity index (χ0v) is 31.7. The zero-order chi connectivity index (χ0) is 41.0. The van der Waals surface area contributed by atoms with Crippen molar-refractivity contribution < 1.29 is 53.2 Å². The Hall–Kier alpha value is -4.69. The van der Waals surface area contributed by atoms with Gasteiger partial charge < -0.3 is 60.4 Å². The molecule has 310 valence electrons. The van der Waals surface area contributed by atoms with E-state index in [0.29, 0.717) is 68.1 Å². The Morgan fingerprint density at radius 2 is 1.67 bits per heavy atom. The highest BCUT2D eigenvalue weighted by Crippen LogP contribution is 2.25. The average Bonchev–Trinajstić information content (AvgIpc) is 4.00. The number of H-pyrrole nitrogens is 1. The highest BCUT2D eigenvalue weighted by atomic mass is 19.2. The molecule has 3 aromatic rings. The van der Waals surface area contributed by atoms with Gasteiger partial charge in [-0.25, -0.2) is 0 Å². The van der Waals surface area contributed by atoms with E-state index in [9.17, 15) is 38.6 Å². The number of nitrogens with one attached hydrogen (secondary N) is 4. The van der Waals surface area contributed by atoms with Crippen molar-refractivity contribution in [1.29, 1.82) is 0 Å². The first-order chi connectivity index (χ1) is 27.5. The highest BCUT2D eigenvalue weighted by molar-refractivity contribution is 6.42. The number of rotatable bonds is 27. The van der Waals surface area contributed by atoms with Crippen molar-refractivity contribution in [2.75, 3.05) is 52.6 Å². The minimum absolute atomic E-state index is 0.0618. The Labute approximate surface area is 330 Å². The third-order valence-electron chi connectivity index (χ3n) is 9.06. The van der Waals surface area contributed by atoms with E-state index in [2.05, 4.69) is 25.9 Å².